The Balaban J connectivity index is 3.47. The number of phenolic OH excluding ortho intramolecular Hbond substituents is 1. The van der Waals surface area contributed by atoms with Crippen LogP contribution in [0.5, 0.6) is 5.75 Å². The first-order valence-electron chi connectivity index (χ1n) is 3.10. The molecule has 0 bridgehead atoms. The molecular weight excluding hydrogens is 183 g/mol. The van der Waals surface area contributed by atoms with E-state index in [9.17, 15) is 12.8 Å². The fourth-order valence-corrected chi connectivity index (χ4v) is 1.54. The molecular formula is C7H7FO3S. The fraction of sp³-hybridized carbons (Fsp3) is 0.143. The summed E-state index contributed by atoms with van der Waals surface area (Å²) in [4.78, 5) is -0.484. The topological polar surface area (TPSA) is 54.4 Å². The van der Waals surface area contributed by atoms with Crippen LogP contribution in [0.4, 0.5) is 4.39 Å². The van der Waals surface area contributed by atoms with Gasteiger partial charge in [0.05, 0.1) is 0 Å². The van der Waals surface area contributed by atoms with Crippen LogP contribution in [0, 0.1) is 5.82 Å². The SMILES string of the molecule is CS(=O)(=O)c1cccc(O)c1F. The number of hydrogen-bond acceptors (Lipinski definition) is 3. The summed E-state index contributed by atoms with van der Waals surface area (Å²) in [5, 5.41) is 8.82. The Hall–Kier alpha value is -1.10. The minimum absolute atomic E-state index is 0.484. The molecule has 12 heavy (non-hydrogen) atoms. The first-order chi connectivity index (χ1) is 5.43. The molecule has 66 valence electrons. The molecule has 1 aromatic rings. The molecule has 0 aliphatic carbocycles. The van der Waals surface area contributed by atoms with Crippen LogP contribution < -0.4 is 0 Å². The summed E-state index contributed by atoms with van der Waals surface area (Å²) in [6.45, 7) is 0. The highest BCUT2D eigenvalue weighted by Gasteiger charge is 2.15. The molecule has 0 fully saturated rings. The molecule has 0 unspecified atom stereocenters. The van der Waals surface area contributed by atoms with Crippen molar-refractivity contribution in [3.05, 3.63) is 24.0 Å². The number of benzene rings is 1. The van der Waals surface area contributed by atoms with Crippen molar-refractivity contribution >= 4 is 9.84 Å². The maximum Gasteiger partial charge on any atom is 0.183 e. The van der Waals surface area contributed by atoms with Crippen LogP contribution in [-0.4, -0.2) is 19.8 Å². The lowest BCUT2D eigenvalue weighted by molar-refractivity contribution is 0.423. The monoisotopic (exact) mass is 190 g/mol. The highest BCUT2D eigenvalue weighted by Crippen LogP contribution is 2.21. The maximum absolute atomic E-state index is 12.9. The summed E-state index contributed by atoms with van der Waals surface area (Å²) >= 11 is 0. The molecule has 5 heteroatoms. The normalized spacial score (nSPS) is 11.5. The van der Waals surface area contributed by atoms with E-state index in [1.165, 1.54) is 6.07 Å². The summed E-state index contributed by atoms with van der Waals surface area (Å²) in [5.41, 5.74) is 0. The summed E-state index contributed by atoms with van der Waals surface area (Å²) in [5.74, 6) is -1.75. The predicted octanol–water partition coefficient (Wildman–Crippen LogP) is 0.935. The van der Waals surface area contributed by atoms with Crippen LogP contribution in [0.25, 0.3) is 0 Å². The minimum atomic E-state index is -3.59. The van der Waals surface area contributed by atoms with Crippen LogP contribution in [0.3, 0.4) is 0 Å². The second kappa shape index (κ2) is 2.75. The van der Waals surface area contributed by atoms with Crippen LogP contribution in [-0.2, 0) is 9.84 Å². The molecule has 0 amide bonds. The molecule has 0 aliphatic heterocycles. The van der Waals surface area contributed by atoms with Gasteiger partial charge < -0.3 is 5.11 Å². The minimum Gasteiger partial charge on any atom is -0.505 e. The average Bonchev–Trinajstić information content (AvgIpc) is 1.92. The molecule has 0 radical (unpaired) electrons. The van der Waals surface area contributed by atoms with Gasteiger partial charge in [-0.15, -0.1) is 0 Å². The average molecular weight is 190 g/mol. The number of aromatic hydroxyl groups is 1. The first kappa shape index (κ1) is 8.99. The van der Waals surface area contributed by atoms with Crippen molar-refractivity contribution in [2.45, 2.75) is 4.90 Å². The van der Waals surface area contributed by atoms with Gasteiger partial charge in [-0.2, -0.15) is 0 Å². The van der Waals surface area contributed by atoms with Crippen LogP contribution in [0.15, 0.2) is 23.1 Å². The van der Waals surface area contributed by atoms with Crippen molar-refractivity contribution in [2.75, 3.05) is 6.26 Å². The van der Waals surface area contributed by atoms with Crippen molar-refractivity contribution in [3.8, 4) is 5.75 Å². The zero-order chi connectivity index (χ0) is 9.35. The Morgan fingerprint density at radius 1 is 1.42 bits per heavy atom. The Labute approximate surface area is 69.4 Å². The van der Waals surface area contributed by atoms with Gasteiger partial charge in [-0.1, -0.05) is 6.07 Å². The van der Waals surface area contributed by atoms with Gasteiger partial charge in [0.2, 0.25) is 0 Å². The van der Waals surface area contributed by atoms with Crippen LogP contribution in [0.2, 0.25) is 0 Å². The zero-order valence-corrected chi connectivity index (χ0v) is 7.10. The van der Waals surface area contributed by atoms with Crippen molar-refractivity contribution in [3.63, 3.8) is 0 Å². The third-order valence-electron chi connectivity index (χ3n) is 1.34. The molecule has 3 nitrogen and oxygen atoms in total. The molecule has 0 atom stereocenters. The quantitative estimate of drug-likeness (QED) is 0.716. The van der Waals surface area contributed by atoms with Gasteiger partial charge in [0.15, 0.2) is 21.4 Å². The zero-order valence-electron chi connectivity index (χ0n) is 6.28. The van der Waals surface area contributed by atoms with Gasteiger partial charge in [-0.05, 0) is 12.1 Å². The van der Waals surface area contributed by atoms with Gasteiger partial charge >= 0.3 is 0 Å². The lowest BCUT2D eigenvalue weighted by Crippen LogP contribution is -2.00. The van der Waals surface area contributed by atoms with E-state index in [2.05, 4.69) is 0 Å². The van der Waals surface area contributed by atoms with E-state index >= 15 is 0 Å². The molecule has 1 aromatic carbocycles. The van der Waals surface area contributed by atoms with Gasteiger partial charge in [0, 0.05) is 6.26 Å². The second-order valence-corrected chi connectivity index (χ2v) is 4.35. The molecule has 0 aliphatic rings. The standard InChI is InChI=1S/C7H7FO3S/c1-12(10,11)6-4-2-3-5(9)7(6)8/h2-4,9H,1H3. The molecule has 0 spiro atoms. The molecule has 1 N–H and O–H groups in total. The number of rotatable bonds is 1. The molecule has 0 heterocycles. The Kier molecular flexibility index (Phi) is 2.06. The summed E-state index contributed by atoms with van der Waals surface area (Å²) in [6.07, 6.45) is 0.880. The largest absolute Gasteiger partial charge is 0.505 e. The van der Waals surface area contributed by atoms with Crippen molar-refractivity contribution in [1.82, 2.24) is 0 Å². The van der Waals surface area contributed by atoms with Crippen LogP contribution >= 0.6 is 0 Å². The van der Waals surface area contributed by atoms with E-state index < -0.39 is 26.3 Å². The van der Waals surface area contributed by atoms with E-state index in [1.54, 1.807) is 0 Å². The maximum atomic E-state index is 12.9. The van der Waals surface area contributed by atoms with Gasteiger partial charge in [0.25, 0.3) is 0 Å². The fourth-order valence-electron chi connectivity index (χ4n) is 0.786. The number of hydrogen-bond donors (Lipinski definition) is 1. The predicted molar refractivity (Wildman–Crippen MR) is 41.2 cm³/mol. The molecule has 0 saturated heterocycles. The molecule has 1 rings (SSSR count). The molecule has 0 aromatic heterocycles. The Morgan fingerprint density at radius 2 is 2.00 bits per heavy atom. The summed E-state index contributed by atoms with van der Waals surface area (Å²) in [7, 11) is -3.59. The third-order valence-corrected chi connectivity index (χ3v) is 2.46. The molecule has 0 saturated carbocycles. The van der Waals surface area contributed by atoms with Gasteiger partial charge in [-0.25, -0.2) is 12.8 Å². The van der Waals surface area contributed by atoms with E-state index in [4.69, 9.17) is 5.11 Å². The van der Waals surface area contributed by atoms with E-state index in [0.29, 0.717) is 0 Å². The van der Waals surface area contributed by atoms with Gasteiger partial charge in [-0.3, -0.25) is 0 Å². The van der Waals surface area contributed by atoms with E-state index in [0.717, 1.165) is 18.4 Å². The highest BCUT2D eigenvalue weighted by atomic mass is 32.2. The van der Waals surface area contributed by atoms with Crippen molar-refractivity contribution in [2.24, 2.45) is 0 Å². The highest BCUT2D eigenvalue weighted by molar-refractivity contribution is 7.90. The smallest absolute Gasteiger partial charge is 0.183 e. The first-order valence-corrected chi connectivity index (χ1v) is 4.99. The van der Waals surface area contributed by atoms with Crippen LogP contribution in [0.1, 0.15) is 0 Å². The summed E-state index contributed by atoms with van der Waals surface area (Å²) in [6, 6.07) is 3.46. The van der Waals surface area contributed by atoms with E-state index in [1.807, 2.05) is 0 Å². The number of halogens is 1. The number of sulfone groups is 1. The lowest BCUT2D eigenvalue weighted by Gasteiger charge is -2.00. The van der Waals surface area contributed by atoms with Gasteiger partial charge in [0.1, 0.15) is 4.90 Å². The number of phenols is 1. The third kappa shape index (κ3) is 1.55. The summed E-state index contributed by atoms with van der Waals surface area (Å²) < 4.78 is 34.6. The van der Waals surface area contributed by atoms with E-state index in [-0.39, 0.29) is 0 Å². The Bertz CT molecular complexity index is 397. The lowest BCUT2D eigenvalue weighted by atomic mass is 10.3. The second-order valence-electron chi connectivity index (χ2n) is 2.36. The van der Waals surface area contributed by atoms with Crippen molar-refractivity contribution < 1.29 is 17.9 Å². The van der Waals surface area contributed by atoms with Crippen molar-refractivity contribution in [1.29, 1.82) is 0 Å². The Morgan fingerprint density at radius 3 is 2.42 bits per heavy atom.